The van der Waals surface area contributed by atoms with Gasteiger partial charge in [0.15, 0.2) is 0 Å². The largest absolute Gasteiger partial charge is 0.495 e. The van der Waals surface area contributed by atoms with Gasteiger partial charge in [0.2, 0.25) is 0 Å². The summed E-state index contributed by atoms with van der Waals surface area (Å²) in [6, 6.07) is 4.09. The summed E-state index contributed by atoms with van der Waals surface area (Å²) >= 11 is 0. The molecule has 2 rings (SSSR count). The van der Waals surface area contributed by atoms with Gasteiger partial charge in [-0.3, -0.25) is 4.98 Å². The fourth-order valence-corrected chi connectivity index (χ4v) is 1.98. The third-order valence-electron chi connectivity index (χ3n) is 2.77. The van der Waals surface area contributed by atoms with Crippen LogP contribution in [-0.4, -0.2) is 12.1 Å². The van der Waals surface area contributed by atoms with Crippen LogP contribution in [-0.2, 0) is 0 Å². The van der Waals surface area contributed by atoms with Crippen LogP contribution in [0.1, 0.15) is 37.3 Å². The molecule has 0 N–H and O–H groups in total. The standard InChI is InChI=1S/C11H15NO/c1-13-10-6-7-11(12-8-10)9-4-2-3-5-9/h6-9H,2-5H2,1H3. The normalized spacial score (nSPS) is 17.6. The first kappa shape index (κ1) is 8.54. The summed E-state index contributed by atoms with van der Waals surface area (Å²) in [4.78, 5) is 4.41. The second-order valence-electron chi connectivity index (χ2n) is 3.60. The summed E-state index contributed by atoms with van der Waals surface area (Å²) < 4.78 is 5.07. The highest BCUT2D eigenvalue weighted by Crippen LogP contribution is 2.33. The summed E-state index contributed by atoms with van der Waals surface area (Å²) in [5, 5.41) is 0. The molecule has 2 heteroatoms. The first-order valence-electron chi connectivity index (χ1n) is 4.90. The zero-order valence-corrected chi connectivity index (χ0v) is 7.99. The van der Waals surface area contributed by atoms with E-state index in [1.165, 1.54) is 31.4 Å². The van der Waals surface area contributed by atoms with Crippen molar-refractivity contribution in [3.8, 4) is 5.75 Å². The maximum atomic E-state index is 5.07. The highest BCUT2D eigenvalue weighted by molar-refractivity contribution is 5.21. The van der Waals surface area contributed by atoms with E-state index in [0.717, 1.165) is 5.75 Å². The fraction of sp³-hybridized carbons (Fsp3) is 0.545. The SMILES string of the molecule is COc1ccc(C2CCCC2)nc1. The Balaban J connectivity index is 2.12. The van der Waals surface area contributed by atoms with Crippen molar-refractivity contribution in [1.29, 1.82) is 0 Å². The molecule has 1 aliphatic carbocycles. The predicted octanol–water partition coefficient (Wildman–Crippen LogP) is 2.75. The van der Waals surface area contributed by atoms with Crippen LogP contribution in [0.25, 0.3) is 0 Å². The Bertz CT molecular complexity index is 262. The first-order valence-corrected chi connectivity index (χ1v) is 4.90. The molecule has 1 saturated carbocycles. The zero-order chi connectivity index (χ0) is 9.10. The molecule has 0 aromatic carbocycles. The topological polar surface area (TPSA) is 22.1 Å². The molecule has 1 heterocycles. The summed E-state index contributed by atoms with van der Waals surface area (Å²) in [7, 11) is 1.67. The smallest absolute Gasteiger partial charge is 0.137 e. The fourth-order valence-electron chi connectivity index (χ4n) is 1.98. The van der Waals surface area contributed by atoms with Crippen LogP contribution in [0, 0.1) is 0 Å². The molecule has 0 atom stereocenters. The van der Waals surface area contributed by atoms with Crippen LogP contribution in [0.5, 0.6) is 5.75 Å². The lowest BCUT2D eigenvalue weighted by atomic mass is 10.0. The van der Waals surface area contributed by atoms with Crippen molar-refractivity contribution in [2.45, 2.75) is 31.6 Å². The van der Waals surface area contributed by atoms with Gasteiger partial charge in [-0.25, -0.2) is 0 Å². The molecule has 1 aliphatic rings. The van der Waals surface area contributed by atoms with E-state index in [1.807, 2.05) is 12.3 Å². The lowest BCUT2D eigenvalue weighted by molar-refractivity contribution is 0.412. The lowest BCUT2D eigenvalue weighted by Crippen LogP contribution is -1.95. The summed E-state index contributed by atoms with van der Waals surface area (Å²) in [5.41, 5.74) is 1.23. The molecule has 1 aromatic rings. The number of rotatable bonds is 2. The average Bonchev–Trinajstić information content (AvgIpc) is 2.71. The maximum Gasteiger partial charge on any atom is 0.137 e. The Labute approximate surface area is 78.9 Å². The number of hydrogen-bond acceptors (Lipinski definition) is 2. The van der Waals surface area contributed by atoms with Crippen LogP contribution < -0.4 is 4.74 Å². The minimum absolute atomic E-state index is 0.700. The van der Waals surface area contributed by atoms with Crippen molar-refractivity contribution < 1.29 is 4.74 Å². The highest BCUT2D eigenvalue weighted by Gasteiger charge is 2.17. The van der Waals surface area contributed by atoms with E-state index in [1.54, 1.807) is 7.11 Å². The van der Waals surface area contributed by atoms with E-state index >= 15 is 0 Å². The summed E-state index contributed by atoms with van der Waals surface area (Å²) in [6.45, 7) is 0. The molecule has 0 bridgehead atoms. The van der Waals surface area contributed by atoms with Crippen LogP contribution >= 0.6 is 0 Å². The molecule has 0 unspecified atom stereocenters. The zero-order valence-electron chi connectivity index (χ0n) is 7.99. The quantitative estimate of drug-likeness (QED) is 0.693. The third kappa shape index (κ3) is 1.82. The second-order valence-corrected chi connectivity index (χ2v) is 3.60. The molecule has 1 aromatic heterocycles. The van der Waals surface area contributed by atoms with E-state index in [-0.39, 0.29) is 0 Å². The van der Waals surface area contributed by atoms with Gasteiger partial charge in [-0.15, -0.1) is 0 Å². The van der Waals surface area contributed by atoms with Crippen molar-refractivity contribution in [2.75, 3.05) is 7.11 Å². The van der Waals surface area contributed by atoms with Crippen molar-refractivity contribution >= 4 is 0 Å². The van der Waals surface area contributed by atoms with Crippen LogP contribution in [0.2, 0.25) is 0 Å². The van der Waals surface area contributed by atoms with Gasteiger partial charge in [0, 0.05) is 11.6 Å². The van der Waals surface area contributed by atoms with Gasteiger partial charge >= 0.3 is 0 Å². The molecule has 0 amide bonds. The number of nitrogens with zero attached hydrogens (tertiary/aromatic N) is 1. The first-order chi connectivity index (χ1) is 6.40. The van der Waals surface area contributed by atoms with Gasteiger partial charge in [-0.05, 0) is 25.0 Å². The minimum atomic E-state index is 0.700. The van der Waals surface area contributed by atoms with Gasteiger partial charge in [-0.1, -0.05) is 12.8 Å². The van der Waals surface area contributed by atoms with Crippen molar-refractivity contribution in [3.63, 3.8) is 0 Å². The molecule has 2 nitrogen and oxygen atoms in total. The van der Waals surface area contributed by atoms with Crippen molar-refractivity contribution in [3.05, 3.63) is 24.0 Å². The van der Waals surface area contributed by atoms with E-state index in [9.17, 15) is 0 Å². The lowest BCUT2D eigenvalue weighted by Gasteiger charge is -2.08. The van der Waals surface area contributed by atoms with Gasteiger partial charge in [0.25, 0.3) is 0 Å². The molecule has 0 radical (unpaired) electrons. The molecule has 70 valence electrons. The third-order valence-corrected chi connectivity index (χ3v) is 2.77. The van der Waals surface area contributed by atoms with Gasteiger partial charge in [0.1, 0.15) is 5.75 Å². The van der Waals surface area contributed by atoms with E-state index in [0.29, 0.717) is 5.92 Å². The molecule has 0 saturated heterocycles. The van der Waals surface area contributed by atoms with Gasteiger partial charge in [-0.2, -0.15) is 0 Å². The average molecular weight is 177 g/mol. The van der Waals surface area contributed by atoms with E-state index in [4.69, 9.17) is 4.74 Å². The van der Waals surface area contributed by atoms with E-state index in [2.05, 4.69) is 11.1 Å². The molecule has 0 aliphatic heterocycles. The van der Waals surface area contributed by atoms with E-state index < -0.39 is 0 Å². The second kappa shape index (κ2) is 3.77. The number of ether oxygens (including phenoxy) is 1. The Morgan fingerprint density at radius 3 is 2.62 bits per heavy atom. The molecule has 0 spiro atoms. The molecule has 1 fully saturated rings. The monoisotopic (exact) mass is 177 g/mol. The Hall–Kier alpha value is -1.05. The molecular formula is C11H15NO. The Morgan fingerprint density at radius 2 is 2.08 bits per heavy atom. The van der Waals surface area contributed by atoms with Gasteiger partial charge in [0.05, 0.1) is 13.3 Å². The minimum Gasteiger partial charge on any atom is -0.495 e. The summed E-state index contributed by atoms with van der Waals surface area (Å²) in [5.74, 6) is 1.55. The highest BCUT2D eigenvalue weighted by atomic mass is 16.5. The van der Waals surface area contributed by atoms with Crippen LogP contribution in [0.15, 0.2) is 18.3 Å². The number of aromatic nitrogens is 1. The number of methoxy groups -OCH3 is 1. The number of pyridine rings is 1. The molecule has 13 heavy (non-hydrogen) atoms. The Morgan fingerprint density at radius 1 is 1.31 bits per heavy atom. The van der Waals surface area contributed by atoms with Gasteiger partial charge < -0.3 is 4.74 Å². The summed E-state index contributed by atoms with van der Waals surface area (Å²) in [6.07, 6.45) is 7.14. The Kier molecular flexibility index (Phi) is 2.48. The number of hydrogen-bond donors (Lipinski definition) is 0. The van der Waals surface area contributed by atoms with Crippen molar-refractivity contribution in [1.82, 2.24) is 4.98 Å². The van der Waals surface area contributed by atoms with Crippen molar-refractivity contribution in [2.24, 2.45) is 0 Å². The predicted molar refractivity (Wildman–Crippen MR) is 52.0 cm³/mol. The van der Waals surface area contributed by atoms with Crippen LogP contribution in [0.3, 0.4) is 0 Å². The van der Waals surface area contributed by atoms with Crippen LogP contribution in [0.4, 0.5) is 0 Å². The maximum absolute atomic E-state index is 5.07. The molecular weight excluding hydrogens is 162 g/mol.